The van der Waals surface area contributed by atoms with Crippen molar-refractivity contribution in [3.8, 4) is 0 Å². The smallest absolute Gasteiger partial charge is 0.326 e. The number of benzene rings is 1. The van der Waals surface area contributed by atoms with Crippen LogP contribution in [0.25, 0.3) is 0 Å². The molecule has 1 aromatic rings. The summed E-state index contributed by atoms with van der Waals surface area (Å²) in [7, 11) is -3.13. The second-order valence-corrected chi connectivity index (χ2v) is 9.32. The molecular formula is C18H22N2O6S. The van der Waals surface area contributed by atoms with Crippen LogP contribution in [-0.2, 0) is 30.6 Å². The number of nitrogens with one attached hydrogen (secondary N) is 1. The monoisotopic (exact) mass is 394 g/mol. The number of rotatable bonds is 6. The van der Waals surface area contributed by atoms with E-state index in [1.165, 1.54) is 4.90 Å². The van der Waals surface area contributed by atoms with Gasteiger partial charge in [0.1, 0.15) is 6.04 Å². The zero-order chi connectivity index (χ0) is 19.6. The third kappa shape index (κ3) is 4.65. The van der Waals surface area contributed by atoms with Gasteiger partial charge in [-0.25, -0.2) is 13.2 Å². The van der Waals surface area contributed by atoms with Gasteiger partial charge in [0.05, 0.1) is 17.4 Å². The average molecular weight is 394 g/mol. The molecule has 0 aromatic heterocycles. The second kappa shape index (κ2) is 7.67. The number of carbonyl (C=O) groups is 3. The zero-order valence-electron chi connectivity index (χ0n) is 14.7. The maximum Gasteiger partial charge on any atom is 0.326 e. The first-order chi connectivity index (χ1) is 12.7. The van der Waals surface area contributed by atoms with Gasteiger partial charge in [-0.2, -0.15) is 0 Å². The molecule has 3 rings (SSSR count). The van der Waals surface area contributed by atoms with Crippen molar-refractivity contribution in [2.75, 3.05) is 18.1 Å². The topological polar surface area (TPSA) is 121 Å². The van der Waals surface area contributed by atoms with Crippen molar-refractivity contribution in [2.24, 2.45) is 5.92 Å². The van der Waals surface area contributed by atoms with Gasteiger partial charge >= 0.3 is 5.97 Å². The summed E-state index contributed by atoms with van der Waals surface area (Å²) in [6, 6.07) is 7.49. The molecule has 9 heteroatoms. The van der Waals surface area contributed by atoms with Crippen molar-refractivity contribution in [3.05, 3.63) is 35.9 Å². The Balaban J connectivity index is 1.61. The Morgan fingerprint density at radius 1 is 1.26 bits per heavy atom. The van der Waals surface area contributed by atoms with Crippen LogP contribution in [0.1, 0.15) is 18.4 Å². The molecule has 0 spiro atoms. The minimum Gasteiger partial charge on any atom is -0.480 e. The van der Waals surface area contributed by atoms with E-state index in [-0.39, 0.29) is 42.8 Å². The molecule has 0 aliphatic carbocycles. The van der Waals surface area contributed by atoms with Gasteiger partial charge in [-0.3, -0.25) is 9.59 Å². The summed E-state index contributed by atoms with van der Waals surface area (Å²) < 4.78 is 23.3. The molecule has 8 nitrogen and oxygen atoms in total. The Morgan fingerprint density at radius 3 is 2.56 bits per heavy atom. The summed E-state index contributed by atoms with van der Waals surface area (Å²) in [4.78, 5) is 37.7. The van der Waals surface area contributed by atoms with Gasteiger partial charge in [0.15, 0.2) is 9.84 Å². The van der Waals surface area contributed by atoms with Crippen LogP contribution in [0.2, 0.25) is 0 Å². The van der Waals surface area contributed by atoms with Crippen LogP contribution in [0.3, 0.4) is 0 Å². The van der Waals surface area contributed by atoms with Crippen LogP contribution < -0.4 is 5.32 Å². The Labute approximate surface area is 157 Å². The molecule has 3 atom stereocenters. The number of nitrogens with zero attached hydrogens (tertiary/aromatic N) is 1. The summed E-state index contributed by atoms with van der Waals surface area (Å²) in [5.74, 6) is -2.58. The summed E-state index contributed by atoms with van der Waals surface area (Å²) in [6.45, 7) is 0.128. The first-order valence-corrected chi connectivity index (χ1v) is 10.6. The van der Waals surface area contributed by atoms with Crippen molar-refractivity contribution in [1.82, 2.24) is 10.2 Å². The molecule has 0 radical (unpaired) electrons. The standard InChI is InChI=1S/C18H22N2O6S/c21-16-9-13(10-20(16)14-6-7-27(25,26)11-14)17(22)19-15(18(23)24)8-12-4-2-1-3-5-12/h1-5,13-15H,6-11H2,(H,19,22)(H,23,24)/t13?,14?,15-/m0/s1. The van der Waals surface area contributed by atoms with E-state index in [2.05, 4.69) is 5.32 Å². The Bertz CT molecular complexity index is 839. The summed E-state index contributed by atoms with van der Waals surface area (Å²) in [5, 5.41) is 11.9. The van der Waals surface area contributed by atoms with Crippen LogP contribution in [0.4, 0.5) is 0 Å². The van der Waals surface area contributed by atoms with Crippen LogP contribution in [0.15, 0.2) is 30.3 Å². The maximum atomic E-state index is 12.5. The van der Waals surface area contributed by atoms with E-state index < -0.39 is 33.7 Å². The fourth-order valence-electron chi connectivity index (χ4n) is 3.62. The van der Waals surface area contributed by atoms with E-state index in [1.54, 1.807) is 24.3 Å². The summed E-state index contributed by atoms with van der Waals surface area (Å²) in [5.41, 5.74) is 0.783. The molecular weight excluding hydrogens is 372 g/mol. The number of hydrogen-bond donors (Lipinski definition) is 2. The van der Waals surface area contributed by atoms with E-state index >= 15 is 0 Å². The van der Waals surface area contributed by atoms with E-state index in [4.69, 9.17) is 0 Å². The molecule has 0 saturated carbocycles. The van der Waals surface area contributed by atoms with Crippen molar-refractivity contribution in [2.45, 2.75) is 31.3 Å². The highest BCUT2D eigenvalue weighted by molar-refractivity contribution is 7.91. The number of amides is 2. The number of carboxylic acids is 1. The molecule has 27 heavy (non-hydrogen) atoms. The third-order valence-electron chi connectivity index (χ3n) is 5.08. The minimum absolute atomic E-state index is 0.0277. The molecule has 2 heterocycles. The number of carboxylic acid groups (broad SMARTS) is 1. The molecule has 2 fully saturated rings. The number of hydrogen-bond acceptors (Lipinski definition) is 5. The summed E-state index contributed by atoms with van der Waals surface area (Å²) >= 11 is 0. The fraction of sp³-hybridized carbons (Fsp3) is 0.500. The Hall–Kier alpha value is -2.42. The highest BCUT2D eigenvalue weighted by Gasteiger charge is 2.42. The van der Waals surface area contributed by atoms with Crippen LogP contribution in [-0.4, -0.2) is 66.3 Å². The minimum atomic E-state index is -3.13. The molecule has 2 amide bonds. The van der Waals surface area contributed by atoms with Crippen molar-refractivity contribution >= 4 is 27.6 Å². The van der Waals surface area contributed by atoms with Gasteiger partial charge in [-0.05, 0) is 12.0 Å². The van der Waals surface area contributed by atoms with Gasteiger partial charge < -0.3 is 15.3 Å². The van der Waals surface area contributed by atoms with Gasteiger partial charge in [0.2, 0.25) is 11.8 Å². The molecule has 0 bridgehead atoms. The van der Waals surface area contributed by atoms with Crippen LogP contribution in [0.5, 0.6) is 0 Å². The van der Waals surface area contributed by atoms with Gasteiger partial charge in [0.25, 0.3) is 0 Å². The number of aliphatic carboxylic acids is 1. The largest absolute Gasteiger partial charge is 0.480 e. The fourth-order valence-corrected chi connectivity index (χ4v) is 5.35. The van der Waals surface area contributed by atoms with E-state index in [0.29, 0.717) is 6.42 Å². The zero-order valence-corrected chi connectivity index (χ0v) is 15.5. The lowest BCUT2D eigenvalue weighted by atomic mass is 10.0. The first-order valence-electron chi connectivity index (χ1n) is 8.82. The SMILES string of the molecule is O=C(N[C@@H](Cc1ccccc1)C(=O)O)C1CC(=O)N(C2CCS(=O)(=O)C2)C1. The maximum absolute atomic E-state index is 12.5. The predicted octanol–water partition coefficient (Wildman–Crippen LogP) is -0.166. The number of carbonyl (C=O) groups excluding carboxylic acids is 2. The van der Waals surface area contributed by atoms with Crippen molar-refractivity contribution in [1.29, 1.82) is 0 Å². The van der Waals surface area contributed by atoms with Crippen LogP contribution in [0, 0.1) is 5.92 Å². The highest BCUT2D eigenvalue weighted by atomic mass is 32.2. The molecule has 2 N–H and O–H groups in total. The van der Waals surface area contributed by atoms with Gasteiger partial charge in [0, 0.05) is 25.4 Å². The van der Waals surface area contributed by atoms with Crippen molar-refractivity contribution in [3.63, 3.8) is 0 Å². The Morgan fingerprint density at radius 2 is 1.96 bits per heavy atom. The van der Waals surface area contributed by atoms with Crippen LogP contribution >= 0.6 is 0 Å². The summed E-state index contributed by atoms with van der Waals surface area (Å²) in [6.07, 6.45) is 0.501. The number of likely N-dealkylation sites (tertiary alicyclic amines) is 1. The van der Waals surface area contributed by atoms with E-state index in [9.17, 15) is 27.9 Å². The normalized spacial score (nSPS) is 25.3. The molecule has 2 aliphatic rings. The average Bonchev–Trinajstić information content (AvgIpc) is 3.17. The highest BCUT2D eigenvalue weighted by Crippen LogP contribution is 2.26. The molecule has 146 valence electrons. The second-order valence-electron chi connectivity index (χ2n) is 7.09. The third-order valence-corrected chi connectivity index (χ3v) is 6.83. The lowest BCUT2D eigenvalue weighted by Gasteiger charge is -2.23. The predicted molar refractivity (Wildman–Crippen MR) is 96.6 cm³/mol. The lowest BCUT2D eigenvalue weighted by molar-refractivity contribution is -0.142. The quantitative estimate of drug-likeness (QED) is 0.691. The molecule has 1 aromatic carbocycles. The first kappa shape index (κ1) is 19.3. The molecule has 2 unspecified atom stereocenters. The Kier molecular flexibility index (Phi) is 5.50. The number of sulfone groups is 1. The molecule has 2 saturated heterocycles. The van der Waals surface area contributed by atoms with E-state index in [0.717, 1.165) is 5.56 Å². The van der Waals surface area contributed by atoms with Gasteiger partial charge in [-0.1, -0.05) is 30.3 Å². The molecule has 2 aliphatic heterocycles. The van der Waals surface area contributed by atoms with Gasteiger partial charge in [-0.15, -0.1) is 0 Å². The van der Waals surface area contributed by atoms with Crippen molar-refractivity contribution < 1.29 is 27.9 Å². The lowest BCUT2D eigenvalue weighted by Crippen LogP contribution is -2.46. The van der Waals surface area contributed by atoms with E-state index in [1.807, 2.05) is 6.07 Å².